The molecular weight excluding hydrogens is 394 g/mol. The van der Waals surface area contributed by atoms with Gasteiger partial charge in [-0.15, -0.1) is 0 Å². The van der Waals surface area contributed by atoms with Crippen molar-refractivity contribution >= 4 is 33.5 Å². The summed E-state index contributed by atoms with van der Waals surface area (Å²) in [5, 5.41) is 3.86. The number of aromatic amines is 1. The summed E-state index contributed by atoms with van der Waals surface area (Å²) >= 11 is 0. The lowest BCUT2D eigenvalue weighted by Gasteiger charge is -2.14. The van der Waals surface area contributed by atoms with Crippen LogP contribution in [-0.4, -0.2) is 25.4 Å². The van der Waals surface area contributed by atoms with Gasteiger partial charge in [0.15, 0.2) is 5.65 Å². The predicted molar refractivity (Wildman–Crippen MR) is 121 cm³/mol. The second kappa shape index (κ2) is 8.14. The number of H-pyrrole nitrogens is 1. The minimum Gasteiger partial charge on any atom is -0.322 e. The van der Waals surface area contributed by atoms with E-state index in [1.54, 1.807) is 18.3 Å². The summed E-state index contributed by atoms with van der Waals surface area (Å²) in [5.41, 5.74) is 1.30. The number of rotatable bonds is 5. The molecule has 0 aliphatic rings. The Balaban J connectivity index is 1.88. The van der Waals surface area contributed by atoms with E-state index in [1.807, 2.05) is 45.0 Å². The lowest BCUT2D eigenvalue weighted by atomic mass is 10.0. The van der Waals surface area contributed by atoms with Crippen LogP contribution in [0.3, 0.4) is 0 Å². The third-order valence-electron chi connectivity index (χ3n) is 5.11. The van der Waals surface area contributed by atoms with Crippen LogP contribution in [0.15, 0.2) is 52.2 Å². The van der Waals surface area contributed by atoms with Gasteiger partial charge in [-0.25, -0.2) is 9.78 Å². The number of pyridine rings is 2. The molecule has 31 heavy (non-hydrogen) atoms. The molecular formula is C23H23N5O3. The first-order chi connectivity index (χ1) is 14.9. The number of anilines is 1. The monoisotopic (exact) mass is 417 g/mol. The van der Waals surface area contributed by atoms with E-state index in [-0.39, 0.29) is 22.5 Å². The highest BCUT2D eigenvalue weighted by Crippen LogP contribution is 2.22. The van der Waals surface area contributed by atoms with Crippen LogP contribution in [-0.2, 0) is 6.54 Å². The van der Waals surface area contributed by atoms with Crippen LogP contribution in [0.5, 0.6) is 0 Å². The van der Waals surface area contributed by atoms with Gasteiger partial charge in [0.25, 0.3) is 11.5 Å². The third kappa shape index (κ3) is 3.84. The molecule has 1 amide bonds. The van der Waals surface area contributed by atoms with E-state index in [9.17, 15) is 14.4 Å². The Kier molecular flexibility index (Phi) is 5.37. The van der Waals surface area contributed by atoms with Crippen LogP contribution in [0.25, 0.3) is 21.9 Å². The Labute approximate surface area is 178 Å². The fourth-order valence-corrected chi connectivity index (χ4v) is 3.55. The van der Waals surface area contributed by atoms with Crippen molar-refractivity contribution in [3.8, 4) is 0 Å². The highest BCUT2D eigenvalue weighted by Gasteiger charge is 2.20. The molecule has 8 nitrogen and oxygen atoms in total. The van der Waals surface area contributed by atoms with Gasteiger partial charge < -0.3 is 5.32 Å². The van der Waals surface area contributed by atoms with E-state index in [2.05, 4.69) is 20.3 Å². The molecule has 0 saturated carbocycles. The normalized spacial score (nSPS) is 11.4. The van der Waals surface area contributed by atoms with Gasteiger partial charge in [0.05, 0.1) is 16.5 Å². The van der Waals surface area contributed by atoms with Crippen molar-refractivity contribution in [1.29, 1.82) is 0 Å². The molecule has 3 heterocycles. The van der Waals surface area contributed by atoms with E-state index < -0.39 is 17.2 Å². The van der Waals surface area contributed by atoms with E-state index in [4.69, 9.17) is 0 Å². The molecule has 4 aromatic rings. The molecule has 0 saturated heterocycles. The van der Waals surface area contributed by atoms with Crippen molar-refractivity contribution in [3.05, 3.63) is 74.7 Å². The van der Waals surface area contributed by atoms with Crippen LogP contribution in [0.2, 0.25) is 0 Å². The number of nitrogens with one attached hydrogen (secondary N) is 2. The largest absolute Gasteiger partial charge is 0.329 e. The van der Waals surface area contributed by atoms with Gasteiger partial charge >= 0.3 is 5.69 Å². The van der Waals surface area contributed by atoms with Gasteiger partial charge in [0.2, 0.25) is 0 Å². The number of amides is 1. The van der Waals surface area contributed by atoms with E-state index >= 15 is 0 Å². The molecule has 8 heteroatoms. The summed E-state index contributed by atoms with van der Waals surface area (Å²) in [6, 6.07) is 10.8. The van der Waals surface area contributed by atoms with Gasteiger partial charge in [-0.2, -0.15) is 0 Å². The second-order valence-electron chi connectivity index (χ2n) is 7.72. The zero-order valence-corrected chi connectivity index (χ0v) is 17.6. The first kappa shape index (κ1) is 20.5. The lowest BCUT2D eigenvalue weighted by molar-refractivity contribution is 0.102. The van der Waals surface area contributed by atoms with Gasteiger partial charge in [-0.3, -0.25) is 24.1 Å². The molecule has 0 atom stereocenters. The molecule has 0 unspecified atom stereocenters. The molecule has 0 aliphatic heterocycles. The average molecular weight is 417 g/mol. The summed E-state index contributed by atoms with van der Waals surface area (Å²) in [5.74, 6) is -0.433. The maximum Gasteiger partial charge on any atom is 0.329 e. The van der Waals surface area contributed by atoms with E-state index in [0.717, 1.165) is 10.9 Å². The fourth-order valence-electron chi connectivity index (χ4n) is 3.55. The number of nitrogens with zero attached hydrogens (tertiary/aromatic N) is 3. The molecule has 0 aliphatic carbocycles. The summed E-state index contributed by atoms with van der Waals surface area (Å²) in [6.07, 6.45) is 2.39. The van der Waals surface area contributed by atoms with Gasteiger partial charge in [-0.1, -0.05) is 26.8 Å². The standard InChI is InChI=1S/C23H23N5O3/c1-4-10-28-20-19(22(30)27-23(28)31)16(12-18(26-20)13(2)3)21(29)25-15-7-8-17-14(11-15)6-5-9-24-17/h5-9,11-13H,4,10H2,1-3H3,(H,25,29)(H,27,30,31). The Morgan fingerprint density at radius 2 is 2.00 bits per heavy atom. The van der Waals surface area contributed by atoms with Crippen LogP contribution in [0.1, 0.15) is 49.2 Å². The summed E-state index contributed by atoms with van der Waals surface area (Å²) in [7, 11) is 0. The first-order valence-electron chi connectivity index (χ1n) is 10.2. The number of carbonyl (C=O) groups is 1. The minimum absolute atomic E-state index is 0.00663. The molecule has 4 rings (SSSR count). The summed E-state index contributed by atoms with van der Waals surface area (Å²) in [6.45, 7) is 6.21. The maximum atomic E-state index is 13.3. The van der Waals surface area contributed by atoms with Crippen molar-refractivity contribution in [2.75, 3.05) is 5.32 Å². The molecule has 0 fully saturated rings. The van der Waals surface area contributed by atoms with E-state index in [1.165, 1.54) is 4.57 Å². The van der Waals surface area contributed by atoms with Crippen molar-refractivity contribution in [1.82, 2.24) is 19.5 Å². The Morgan fingerprint density at radius 1 is 1.19 bits per heavy atom. The molecule has 2 N–H and O–H groups in total. The molecule has 1 aromatic carbocycles. The summed E-state index contributed by atoms with van der Waals surface area (Å²) < 4.78 is 1.42. The van der Waals surface area contributed by atoms with Crippen molar-refractivity contribution < 1.29 is 4.79 Å². The van der Waals surface area contributed by atoms with Crippen LogP contribution in [0, 0.1) is 0 Å². The maximum absolute atomic E-state index is 13.3. The predicted octanol–water partition coefficient (Wildman–Crippen LogP) is 3.42. The third-order valence-corrected chi connectivity index (χ3v) is 5.11. The second-order valence-corrected chi connectivity index (χ2v) is 7.72. The summed E-state index contributed by atoms with van der Waals surface area (Å²) in [4.78, 5) is 49.5. The van der Waals surface area contributed by atoms with Gasteiger partial charge in [0.1, 0.15) is 0 Å². The lowest BCUT2D eigenvalue weighted by Crippen LogP contribution is -2.32. The number of fused-ring (bicyclic) bond motifs is 2. The van der Waals surface area contributed by atoms with Crippen molar-refractivity contribution in [2.24, 2.45) is 0 Å². The smallest absolute Gasteiger partial charge is 0.322 e. The van der Waals surface area contributed by atoms with E-state index in [0.29, 0.717) is 24.3 Å². The van der Waals surface area contributed by atoms with Crippen molar-refractivity contribution in [2.45, 2.75) is 39.7 Å². The van der Waals surface area contributed by atoms with Gasteiger partial charge in [0, 0.05) is 29.5 Å². The molecule has 0 radical (unpaired) electrons. The quantitative estimate of drug-likeness (QED) is 0.517. The molecule has 0 bridgehead atoms. The van der Waals surface area contributed by atoms with Crippen molar-refractivity contribution in [3.63, 3.8) is 0 Å². The van der Waals surface area contributed by atoms with Gasteiger partial charge in [-0.05, 0) is 42.7 Å². The number of hydrogen-bond acceptors (Lipinski definition) is 5. The Hall–Kier alpha value is -3.81. The molecule has 3 aromatic heterocycles. The molecule has 158 valence electrons. The highest BCUT2D eigenvalue weighted by atomic mass is 16.2. The van der Waals surface area contributed by atoms with Crippen LogP contribution >= 0.6 is 0 Å². The Morgan fingerprint density at radius 3 is 2.74 bits per heavy atom. The average Bonchev–Trinajstić information content (AvgIpc) is 2.75. The van der Waals surface area contributed by atoms with Crippen LogP contribution < -0.4 is 16.6 Å². The minimum atomic E-state index is -0.622. The van der Waals surface area contributed by atoms with Crippen LogP contribution in [0.4, 0.5) is 5.69 Å². The Bertz CT molecular complexity index is 1420. The topological polar surface area (TPSA) is 110 Å². The SMILES string of the molecule is CCCn1c(=O)[nH]c(=O)c2c(C(=O)Nc3ccc4ncccc4c3)cc(C(C)C)nc21. The number of hydrogen-bond donors (Lipinski definition) is 2. The highest BCUT2D eigenvalue weighted by molar-refractivity contribution is 6.12. The zero-order chi connectivity index (χ0) is 22.1. The first-order valence-corrected chi connectivity index (χ1v) is 10.2. The molecule has 0 spiro atoms. The number of aryl methyl sites for hydroxylation is 1. The number of aromatic nitrogens is 4. The zero-order valence-electron chi connectivity index (χ0n) is 17.6. The number of benzene rings is 1. The fraction of sp³-hybridized carbons (Fsp3) is 0.261. The number of carbonyl (C=O) groups excluding carboxylic acids is 1.